The topological polar surface area (TPSA) is 64.6 Å². The molecule has 0 rings (SSSR count). The van der Waals surface area contributed by atoms with Crippen molar-refractivity contribution in [3.63, 3.8) is 0 Å². The molecule has 1 atom stereocenters. The summed E-state index contributed by atoms with van der Waals surface area (Å²) in [5.41, 5.74) is 0. The Bertz CT molecular complexity index is 505. The van der Waals surface area contributed by atoms with E-state index in [2.05, 4.69) is 59.0 Å². The second-order valence-electron chi connectivity index (χ2n) is 10.0. The maximum Gasteiger partial charge on any atom is 0.324 e. The third-order valence-electron chi connectivity index (χ3n) is 4.84. The molecule has 1 unspecified atom stereocenters. The van der Waals surface area contributed by atoms with Gasteiger partial charge in [0.2, 0.25) is 0 Å². The first-order chi connectivity index (χ1) is 16.4. The van der Waals surface area contributed by atoms with Crippen molar-refractivity contribution in [3.05, 3.63) is 25.3 Å². The van der Waals surface area contributed by atoms with Gasteiger partial charge in [0.1, 0.15) is 0 Å². The van der Waals surface area contributed by atoms with Crippen LogP contribution in [0.15, 0.2) is 25.3 Å². The fourth-order valence-electron chi connectivity index (χ4n) is 3.41. The standard InChI is InChI=1S/C14H34O6Si2.C10H22OSi2.5CH4/c1-15-8-9-18-12-13-19-11-10-17-7-6-14-22(5,16-2)20-21(3)4;1-7-9-12(3,4)11-13(5,6)10-8-2;;;;;/h21H,6-14H2,1-5H3;7-8H,1-2,9-10H2,3-6H3;5*1H4. The molecule has 0 radical (unpaired) electrons. The molecule has 40 heavy (non-hydrogen) atoms. The highest BCUT2D eigenvalue weighted by Crippen LogP contribution is 2.21. The number of ether oxygens (including phenoxy) is 4. The predicted molar refractivity (Wildman–Crippen MR) is 192 cm³/mol. The SMILES string of the molecule is C.C.C.C.C.C=CC[Si](C)(C)O[Si](C)(C)CC=C.COCCOCCOCCOCCC[Si](C)(OC)O[SiH](C)C. The Morgan fingerprint density at radius 2 is 1.00 bits per heavy atom. The predicted octanol–water partition coefficient (Wildman–Crippen LogP) is 8.76. The van der Waals surface area contributed by atoms with Crippen LogP contribution in [0.1, 0.15) is 43.6 Å². The van der Waals surface area contributed by atoms with Gasteiger partial charge >= 0.3 is 8.56 Å². The maximum atomic E-state index is 6.24. The summed E-state index contributed by atoms with van der Waals surface area (Å²) in [5, 5.41) is 0. The van der Waals surface area contributed by atoms with Crippen LogP contribution >= 0.6 is 0 Å². The summed E-state index contributed by atoms with van der Waals surface area (Å²) >= 11 is 0. The van der Waals surface area contributed by atoms with E-state index >= 15 is 0 Å². The summed E-state index contributed by atoms with van der Waals surface area (Å²) in [4.78, 5) is 0. The van der Waals surface area contributed by atoms with Crippen LogP contribution in [0.2, 0.25) is 64.0 Å². The van der Waals surface area contributed by atoms with Gasteiger partial charge in [0.05, 0.1) is 39.6 Å². The number of allylic oxidation sites excluding steroid dienone is 2. The fraction of sp³-hybridized carbons (Fsp3) is 0.862. The molecule has 0 saturated carbocycles. The van der Waals surface area contributed by atoms with Gasteiger partial charge in [-0.25, -0.2) is 0 Å². The van der Waals surface area contributed by atoms with Crippen LogP contribution in [0.5, 0.6) is 0 Å². The van der Waals surface area contributed by atoms with Crippen LogP contribution in [0.4, 0.5) is 0 Å². The van der Waals surface area contributed by atoms with Crippen LogP contribution in [0.25, 0.3) is 0 Å². The number of rotatable bonds is 22. The van der Waals surface area contributed by atoms with E-state index in [1.54, 1.807) is 14.2 Å². The molecule has 250 valence electrons. The Balaban J connectivity index is -0.000000106. The Morgan fingerprint density at radius 3 is 1.32 bits per heavy atom. The van der Waals surface area contributed by atoms with E-state index in [-0.39, 0.29) is 37.1 Å². The van der Waals surface area contributed by atoms with Gasteiger partial charge in [-0.2, -0.15) is 0 Å². The lowest BCUT2D eigenvalue weighted by Gasteiger charge is -2.32. The molecule has 0 aliphatic carbocycles. The molecule has 0 aliphatic rings. The van der Waals surface area contributed by atoms with Gasteiger partial charge in [0, 0.05) is 20.8 Å². The van der Waals surface area contributed by atoms with Gasteiger partial charge in [-0.05, 0) is 70.4 Å². The number of hydrogen-bond donors (Lipinski definition) is 0. The summed E-state index contributed by atoms with van der Waals surface area (Å²) in [6.07, 6.45) is 4.92. The Hall–Kier alpha value is 0.0675. The summed E-state index contributed by atoms with van der Waals surface area (Å²) in [6.45, 7) is 27.4. The molecule has 0 aliphatic heterocycles. The largest absolute Gasteiger partial charge is 0.455 e. The van der Waals surface area contributed by atoms with E-state index in [9.17, 15) is 0 Å². The van der Waals surface area contributed by atoms with Crippen LogP contribution < -0.4 is 0 Å². The van der Waals surface area contributed by atoms with Crippen molar-refractivity contribution >= 4 is 34.2 Å². The maximum absolute atomic E-state index is 6.24. The molecule has 0 saturated heterocycles. The molecule has 0 aromatic heterocycles. The fourth-order valence-corrected chi connectivity index (χ4v) is 17.3. The Labute approximate surface area is 258 Å². The molecule has 0 fully saturated rings. The van der Waals surface area contributed by atoms with Gasteiger partial charge in [-0.15, -0.1) is 13.2 Å². The third-order valence-corrected chi connectivity index (χ3v) is 17.8. The van der Waals surface area contributed by atoms with E-state index in [1.807, 2.05) is 12.2 Å². The molecule has 0 bridgehead atoms. The average molecular weight is 649 g/mol. The van der Waals surface area contributed by atoms with Gasteiger partial charge < -0.3 is 31.6 Å². The minimum atomic E-state index is -1.96. The quantitative estimate of drug-likeness (QED) is 0.0661. The van der Waals surface area contributed by atoms with Crippen molar-refractivity contribution in [1.82, 2.24) is 0 Å². The van der Waals surface area contributed by atoms with Crippen molar-refractivity contribution in [2.45, 2.75) is 108 Å². The second kappa shape index (κ2) is 33.6. The second-order valence-corrected chi connectivity index (χ2v) is 24.9. The molecule has 0 heterocycles. The first kappa shape index (κ1) is 55.9. The van der Waals surface area contributed by atoms with Gasteiger partial charge in [0.15, 0.2) is 25.7 Å². The van der Waals surface area contributed by atoms with Gasteiger partial charge in [-0.3, -0.25) is 0 Å². The van der Waals surface area contributed by atoms with Crippen LogP contribution in [0, 0.1) is 0 Å². The minimum Gasteiger partial charge on any atom is -0.455 e. The Morgan fingerprint density at radius 1 is 0.625 bits per heavy atom. The van der Waals surface area contributed by atoms with Crippen molar-refractivity contribution < 1.29 is 31.6 Å². The molecule has 0 amide bonds. The van der Waals surface area contributed by atoms with Crippen molar-refractivity contribution in [2.75, 3.05) is 60.5 Å². The number of methoxy groups -OCH3 is 1. The monoisotopic (exact) mass is 648 g/mol. The van der Waals surface area contributed by atoms with E-state index in [0.717, 1.165) is 31.2 Å². The van der Waals surface area contributed by atoms with Gasteiger partial charge in [0.25, 0.3) is 0 Å². The molecule has 0 N–H and O–H groups in total. The van der Waals surface area contributed by atoms with Crippen molar-refractivity contribution in [1.29, 1.82) is 0 Å². The van der Waals surface area contributed by atoms with E-state index in [4.69, 9.17) is 31.6 Å². The number of hydrogen-bond acceptors (Lipinski definition) is 7. The van der Waals surface area contributed by atoms with E-state index < -0.39 is 34.2 Å². The Kier molecular flexibility index (Phi) is 46.9. The molecule has 7 nitrogen and oxygen atoms in total. The summed E-state index contributed by atoms with van der Waals surface area (Å²) < 4.78 is 39.0. The normalized spacial score (nSPS) is 12.1. The summed E-state index contributed by atoms with van der Waals surface area (Å²) in [7, 11) is -2.55. The van der Waals surface area contributed by atoms with E-state index in [1.165, 1.54) is 0 Å². The van der Waals surface area contributed by atoms with Crippen LogP contribution in [-0.2, 0) is 31.6 Å². The zero-order valence-electron chi connectivity index (χ0n) is 24.3. The molecule has 0 aromatic carbocycles. The average Bonchev–Trinajstić information content (AvgIpc) is 2.73. The highest BCUT2D eigenvalue weighted by Gasteiger charge is 2.31. The van der Waals surface area contributed by atoms with Crippen LogP contribution in [0.3, 0.4) is 0 Å². The van der Waals surface area contributed by atoms with Crippen molar-refractivity contribution in [3.8, 4) is 0 Å². The lowest BCUT2D eigenvalue weighted by Crippen LogP contribution is -2.43. The molecule has 11 heteroatoms. The lowest BCUT2D eigenvalue weighted by molar-refractivity contribution is 0.00363. The van der Waals surface area contributed by atoms with E-state index in [0.29, 0.717) is 39.6 Å². The molecular formula is C29H76O7Si4. The first-order valence-corrected chi connectivity index (χ1v) is 24.3. The first-order valence-electron chi connectivity index (χ1n) is 12.7. The highest BCUT2D eigenvalue weighted by molar-refractivity contribution is 6.85. The van der Waals surface area contributed by atoms with Crippen molar-refractivity contribution in [2.24, 2.45) is 0 Å². The summed E-state index contributed by atoms with van der Waals surface area (Å²) in [6, 6.07) is 3.06. The zero-order valence-corrected chi connectivity index (χ0v) is 28.4. The molecular weight excluding hydrogens is 573 g/mol. The zero-order chi connectivity index (χ0) is 27.2. The third kappa shape index (κ3) is 38.1. The van der Waals surface area contributed by atoms with Gasteiger partial charge in [-0.1, -0.05) is 49.3 Å². The molecule has 0 aromatic rings. The minimum absolute atomic E-state index is 0. The summed E-state index contributed by atoms with van der Waals surface area (Å²) in [5.74, 6) is 0. The highest BCUT2D eigenvalue weighted by atomic mass is 28.4. The van der Waals surface area contributed by atoms with Crippen LogP contribution in [-0.4, -0.2) is 94.7 Å². The smallest absolute Gasteiger partial charge is 0.324 e. The molecule has 0 spiro atoms. The lowest BCUT2D eigenvalue weighted by atomic mass is 10.5.